The number of likely N-dealkylation sites (tertiary alicyclic amines) is 1. The molecule has 0 bridgehead atoms. The van der Waals surface area contributed by atoms with Gasteiger partial charge >= 0.3 is 0 Å². The summed E-state index contributed by atoms with van der Waals surface area (Å²) in [7, 11) is 0. The van der Waals surface area contributed by atoms with E-state index in [1.54, 1.807) is 0 Å². The number of H-pyrrole nitrogens is 1. The van der Waals surface area contributed by atoms with E-state index in [9.17, 15) is 14.7 Å². The lowest BCUT2D eigenvalue weighted by Crippen LogP contribution is -2.48. The smallest absolute Gasteiger partial charge is 0.270 e. The highest BCUT2D eigenvalue weighted by molar-refractivity contribution is 6.01. The number of aryl methyl sites for hydroxylation is 3. The van der Waals surface area contributed by atoms with Crippen molar-refractivity contribution in [1.82, 2.24) is 15.2 Å². The fourth-order valence-electron chi connectivity index (χ4n) is 5.17. The molecule has 28 heavy (non-hydrogen) atoms. The van der Waals surface area contributed by atoms with E-state index in [1.165, 1.54) is 12.5 Å². The number of hydrogen-bond donors (Lipinski definition) is 3. The molecule has 1 aliphatic carbocycles. The molecule has 1 saturated carbocycles. The van der Waals surface area contributed by atoms with Crippen molar-refractivity contribution in [2.75, 3.05) is 13.1 Å². The van der Waals surface area contributed by atoms with Crippen molar-refractivity contribution in [3.8, 4) is 0 Å². The van der Waals surface area contributed by atoms with Gasteiger partial charge in [0.2, 0.25) is 5.91 Å². The number of hydrogen-bond acceptors (Lipinski definition) is 3. The molecule has 2 aliphatic rings. The van der Waals surface area contributed by atoms with Crippen molar-refractivity contribution in [2.45, 2.75) is 52.7 Å². The molecule has 1 aromatic carbocycles. The minimum absolute atomic E-state index is 0.0331. The molecule has 4 atom stereocenters. The zero-order valence-electron chi connectivity index (χ0n) is 17.0. The van der Waals surface area contributed by atoms with Crippen LogP contribution < -0.4 is 5.32 Å². The zero-order chi connectivity index (χ0) is 20.2. The lowest BCUT2D eigenvalue weighted by molar-refractivity contribution is -0.121. The molecule has 3 N–H and O–H groups in total. The van der Waals surface area contributed by atoms with Gasteiger partial charge in [-0.15, -0.1) is 0 Å². The molecule has 0 unspecified atom stereocenters. The summed E-state index contributed by atoms with van der Waals surface area (Å²) in [5.74, 6) is 0.522. The summed E-state index contributed by atoms with van der Waals surface area (Å²) in [6, 6.07) is 4.04. The largest absolute Gasteiger partial charge is 0.391 e. The minimum atomic E-state index is -0.541. The van der Waals surface area contributed by atoms with Crippen LogP contribution in [-0.2, 0) is 4.79 Å². The van der Waals surface area contributed by atoms with E-state index in [2.05, 4.69) is 36.3 Å². The standard InChI is InChI=1S/C22H29N3O3/c1-11-5-12(2)20-17(6-11)13(3)21(24-20)22(28)25-9-15-7-18(23-14(4)26)19(27)8-16(15)10-25/h5-6,15-16,18-19,24,27H,7-10H2,1-4H3,(H,23,26)/t15-,16+,18-,19-/m1/s1. The molecule has 150 valence electrons. The topological polar surface area (TPSA) is 85.4 Å². The van der Waals surface area contributed by atoms with E-state index in [4.69, 9.17) is 0 Å². The summed E-state index contributed by atoms with van der Waals surface area (Å²) in [5.41, 5.74) is 5.04. The maximum absolute atomic E-state index is 13.3. The SMILES string of the molecule is CC(=O)N[C@@H]1C[C@@H]2CN(C(=O)c3[nH]c4c(C)cc(C)cc4c3C)C[C@@H]2C[C@H]1O. The van der Waals surface area contributed by atoms with Crippen molar-refractivity contribution >= 4 is 22.7 Å². The van der Waals surface area contributed by atoms with Crippen LogP contribution in [0.15, 0.2) is 12.1 Å². The summed E-state index contributed by atoms with van der Waals surface area (Å²) in [6.07, 6.45) is 0.809. The van der Waals surface area contributed by atoms with Gasteiger partial charge in [-0.2, -0.15) is 0 Å². The molecule has 0 spiro atoms. The van der Waals surface area contributed by atoms with Crippen molar-refractivity contribution in [3.05, 3.63) is 34.5 Å². The average Bonchev–Trinajstić information content (AvgIpc) is 3.16. The molecule has 6 nitrogen and oxygen atoms in total. The third-order valence-corrected chi connectivity index (χ3v) is 6.54. The fraction of sp³-hybridized carbons (Fsp3) is 0.545. The number of carbonyl (C=O) groups excluding carboxylic acids is 2. The van der Waals surface area contributed by atoms with E-state index >= 15 is 0 Å². The summed E-state index contributed by atoms with van der Waals surface area (Å²) < 4.78 is 0. The van der Waals surface area contributed by atoms with E-state index < -0.39 is 6.10 Å². The first kappa shape index (κ1) is 19.0. The van der Waals surface area contributed by atoms with Crippen LogP contribution in [0.4, 0.5) is 0 Å². The normalized spacial score (nSPS) is 27.1. The molecule has 2 fully saturated rings. The highest BCUT2D eigenvalue weighted by atomic mass is 16.3. The second-order valence-electron chi connectivity index (χ2n) is 8.71. The first-order chi connectivity index (χ1) is 13.2. The average molecular weight is 383 g/mol. The van der Waals surface area contributed by atoms with Crippen LogP contribution in [-0.4, -0.2) is 52.0 Å². The lowest BCUT2D eigenvalue weighted by Gasteiger charge is -2.35. The van der Waals surface area contributed by atoms with Crippen molar-refractivity contribution in [2.24, 2.45) is 11.8 Å². The van der Waals surface area contributed by atoms with Crippen molar-refractivity contribution in [1.29, 1.82) is 0 Å². The molecular formula is C22H29N3O3. The van der Waals surface area contributed by atoms with Gasteiger partial charge in [0.15, 0.2) is 0 Å². The summed E-state index contributed by atoms with van der Waals surface area (Å²) in [6.45, 7) is 8.96. The molecule has 0 radical (unpaired) electrons. The zero-order valence-corrected chi connectivity index (χ0v) is 17.0. The number of carbonyl (C=O) groups is 2. The van der Waals surface area contributed by atoms with Gasteiger partial charge in [-0.05, 0) is 62.6 Å². The Morgan fingerprint density at radius 1 is 1.14 bits per heavy atom. The first-order valence-electron chi connectivity index (χ1n) is 10.1. The number of aromatic nitrogens is 1. The summed E-state index contributed by atoms with van der Waals surface area (Å²) in [4.78, 5) is 29.9. The Morgan fingerprint density at radius 3 is 2.50 bits per heavy atom. The number of nitrogens with zero attached hydrogens (tertiary/aromatic N) is 1. The molecule has 2 aromatic rings. The van der Waals surface area contributed by atoms with Gasteiger partial charge in [0.25, 0.3) is 5.91 Å². The van der Waals surface area contributed by atoms with Crippen LogP contribution in [0.1, 0.15) is 46.9 Å². The van der Waals surface area contributed by atoms with Gasteiger partial charge in [-0.3, -0.25) is 9.59 Å². The molecule has 1 saturated heterocycles. The van der Waals surface area contributed by atoms with Crippen molar-refractivity contribution < 1.29 is 14.7 Å². The van der Waals surface area contributed by atoms with Crippen molar-refractivity contribution in [3.63, 3.8) is 0 Å². The van der Waals surface area contributed by atoms with Gasteiger partial charge in [0.05, 0.1) is 12.1 Å². The second kappa shape index (κ2) is 6.92. The summed E-state index contributed by atoms with van der Waals surface area (Å²) in [5, 5.41) is 14.3. The second-order valence-corrected chi connectivity index (χ2v) is 8.71. The van der Waals surface area contributed by atoms with E-state index in [-0.39, 0.29) is 23.8 Å². The molecule has 2 heterocycles. The van der Waals surface area contributed by atoms with Crippen LogP contribution in [0.25, 0.3) is 10.9 Å². The highest BCUT2D eigenvalue weighted by Gasteiger charge is 2.43. The van der Waals surface area contributed by atoms with Crippen LogP contribution in [0.3, 0.4) is 0 Å². The number of fused-ring (bicyclic) bond motifs is 2. The summed E-state index contributed by atoms with van der Waals surface area (Å²) >= 11 is 0. The van der Waals surface area contributed by atoms with Gasteiger partial charge < -0.3 is 20.3 Å². The third kappa shape index (κ3) is 3.20. The van der Waals surface area contributed by atoms with E-state index in [0.717, 1.165) is 28.5 Å². The van der Waals surface area contributed by atoms with Crippen LogP contribution in [0.2, 0.25) is 0 Å². The Morgan fingerprint density at radius 2 is 1.82 bits per heavy atom. The number of nitrogens with one attached hydrogen (secondary N) is 2. The van der Waals surface area contributed by atoms with Gasteiger partial charge in [-0.1, -0.05) is 11.6 Å². The quantitative estimate of drug-likeness (QED) is 0.745. The predicted octanol–water partition coefficient (Wildman–Crippen LogP) is 2.44. The lowest BCUT2D eigenvalue weighted by atomic mass is 9.77. The van der Waals surface area contributed by atoms with Crippen LogP contribution in [0.5, 0.6) is 0 Å². The van der Waals surface area contributed by atoms with E-state index in [0.29, 0.717) is 31.1 Å². The van der Waals surface area contributed by atoms with Crippen LogP contribution >= 0.6 is 0 Å². The van der Waals surface area contributed by atoms with Gasteiger partial charge in [0, 0.05) is 30.9 Å². The minimum Gasteiger partial charge on any atom is -0.391 e. The fourth-order valence-corrected chi connectivity index (χ4v) is 5.17. The monoisotopic (exact) mass is 383 g/mol. The maximum atomic E-state index is 13.3. The Bertz CT molecular complexity index is 948. The number of aliphatic hydroxyl groups excluding tert-OH is 1. The third-order valence-electron chi connectivity index (χ3n) is 6.54. The van der Waals surface area contributed by atoms with Gasteiger partial charge in [-0.25, -0.2) is 0 Å². The molecule has 4 rings (SSSR count). The maximum Gasteiger partial charge on any atom is 0.270 e. The predicted molar refractivity (Wildman–Crippen MR) is 108 cm³/mol. The van der Waals surface area contributed by atoms with Crippen LogP contribution in [0, 0.1) is 32.6 Å². The Kier molecular flexibility index (Phi) is 4.70. The number of amides is 2. The molecular weight excluding hydrogens is 354 g/mol. The molecule has 1 aromatic heterocycles. The Hall–Kier alpha value is -2.34. The first-order valence-corrected chi connectivity index (χ1v) is 10.1. The van der Waals surface area contributed by atoms with Gasteiger partial charge in [0.1, 0.15) is 5.69 Å². The Labute approximate surface area is 165 Å². The number of aromatic amines is 1. The molecule has 2 amide bonds. The molecule has 6 heteroatoms. The number of aliphatic hydroxyl groups is 1. The number of benzene rings is 1. The van der Waals surface area contributed by atoms with E-state index in [1.807, 2.05) is 11.8 Å². The molecule has 1 aliphatic heterocycles. The number of rotatable bonds is 2. The Balaban J connectivity index is 1.56. The highest BCUT2D eigenvalue weighted by Crippen LogP contribution is 2.37.